The molecule has 0 fully saturated rings. The molecule has 1 unspecified atom stereocenters. The van der Waals surface area contributed by atoms with Crippen LogP contribution in [-0.4, -0.2) is 24.4 Å². The van der Waals surface area contributed by atoms with E-state index in [2.05, 4.69) is 5.32 Å². The molecule has 0 aliphatic rings. The van der Waals surface area contributed by atoms with E-state index in [1.807, 2.05) is 38.2 Å². The van der Waals surface area contributed by atoms with Crippen LogP contribution in [0.4, 0.5) is 11.4 Å². The zero-order valence-corrected chi connectivity index (χ0v) is 13.2. The normalized spacial score (nSPS) is 11.7. The van der Waals surface area contributed by atoms with Gasteiger partial charge in [-0.1, -0.05) is 42.0 Å². The highest BCUT2D eigenvalue weighted by atomic mass is 16.6. The second kappa shape index (κ2) is 7.51. The maximum Gasteiger partial charge on any atom is 0.292 e. The Morgan fingerprint density at radius 3 is 2.48 bits per heavy atom. The van der Waals surface area contributed by atoms with Gasteiger partial charge in [-0.05, 0) is 13.0 Å². The lowest BCUT2D eigenvalue weighted by molar-refractivity contribution is -0.885. The highest BCUT2D eigenvalue weighted by Crippen LogP contribution is 2.22. The zero-order valence-electron chi connectivity index (χ0n) is 13.2. The Labute approximate surface area is 134 Å². The van der Waals surface area contributed by atoms with Crippen molar-refractivity contribution in [3.8, 4) is 0 Å². The number of nitrogens with zero attached hydrogens (tertiary/aromatic N) is 1. The average Bonchev–Trinajstić information content (AvgIpc) is 2.49. The Hall–Kier alpha value is -2.73. The number of nitrogens with one attached hydrogen (secondary N) is 2. The molecule has 0 bridgehead atoms. The van der Waals surface area contributed by atoms with Gasteiger partial charge in [0.1, 0.15) is 12.2 Å². The van der Waals surface area contributed by atoms with Gasteiger partial charge >= 0.3 is 0 Å². The standard InChI is InChI=1S/C17H19N3O3/c1-13-7-9-14(10-8-13)11-19(2)12-17(21)18-15-5-3-4-6-16(15)20(22)23/h3-10H,11-12H2,1-2H3,(H,18,21)/p+1. The lowest BCUT2D eigenvalue weighted by atomic mass is 10.1. The topological polar surface area (TPSA) is 76.7 Å². The lowest BCUT2D eigenvalue weighted by Gasteiger charge is -2.14. The fraction of sp³-hybridized carbons (Fsp3) is 0.235. The minimum Gasteiger partial charge on any atom is -0.326 e. The van der Waals surface area contributed by atoms with Crippen molar-refractivity contribution in [2.75, 3.05) is 18.9 Å². The van der Waals surface area contributed by atoms with Crippen LogP contribution >= 0.6 is 0 Å². The van der Waals surface area contributed by atoms with Crippen LogP contribution in [0.3, 0.4) is 0 Å². The van der Waals surface area contributed by atoms with Gasteiger partial charge in [0.15, 0.2) is 6.54 Å². The van der Waals surface area contributed by atoms with Crippen molar-refractivity contribution in [2.45, 2.75) is 13.5 Å². The van der Waals surface area contributed by atoms with Gasteiger partial charge in [0.05, 0.1) is 12.0 Å². The molecule has 0 saturated heterocycles. The number of carbonyl (C=O) groups excluding carboxylic acids is 1. The van der Waals surface area contributed by atoms with Crippen LogP contribution in [0.5, 0.6) is 0 Å². The zero-order chi connectivity index (χ0) is 16.8. The van der Waals surface area contributed by atoms with E-state index >= 15 is 0 Å². The number of hydrogen-bond acceptors (Lipinski definition) is 3. The van der Waals surface area contributed by atoms with E-state index in [1.54, 1.807) is 12.1 Å². The second-order valence-electron chi connectivity index (χ2n) is 5.62. The van der Waals surface area contributed by atoms with E-state index in [-0.39, 0.29) is 23.8 Å². The van der Waals surface area contributed by atoms with E-state index in [1.165, 1.54) is 17.7 Å². The fourth-order valence-electron chi connectivity index (χ4n) is 2.32. The first-order chi connectivity index (χ1) is 11.0. The van der Waals surface area contributed by atoms with E-state index in [0.29, 0.717) is 6.54 Å². The predicted octanol–water partition coefficient (Wildman–Crippen LogP) is 1.56. The van der Waals surface area contributed by atoms with Gasteiger partial charge in [0, 0.05) is 11.6 Å². The highest BCUT2D eigenvalue weighted by Gasteiger charge is 2.17. The SMILES string of the molecule is Cc1ccc(C[NH+](C)CC(=O)Nc2ccccc2[N+](=O)[O-])cc1. The van der Waals surface area contributed by atoms with Crippen molar-refractivity contribution in [1.82, 2.24) is 0 Å². The molecule has 6 nitrogen and oxygen atoms in total. The summed E-state index contributed by atoms with van der Waals surface area (Å²) in [5.41, 5.74) is 2.47. The van der Waals surface area contributed by atoms with Crippen LogP contribution in [0.2, 0.25) is 0 Å². The van der Waals surface area contributed by atoms with E-state index in [9.17, 15) is 14.9 Å². The third-order valence-electron chi connectivity index (χ3n) is 3.46. The molecule has 6 heteroatoms. The summed E-state index contributed by atoms with van der Waals surface area (Å²) in [4.78, 5) is 23.5. The monoisotopic (exact) mass is 314 g/mol. The summed E-state index contributed by atoms with van der Waals surface area (Å²) in [6, 6.07) is 14.3. The molecule has 1 amide bonds. The van der Waals surface area contributed by atoms with Crippen LogP contribution in [0.25, 0.3) is 0 Å². The molecule has 0 radical (unpaired) electrons. The minimum absolute atomic E-state index is 0.1000. The molecule has 2 aromatic carbocycles. The molecule has 0 aliphatic carbocycles. The molecule has 2 aromatic rings. The predicted molar refractivity (Wildman–Crippen MR) is 88.4 cm³/mol. The first kappa shape index (κ1) is 16.6. The van der Waals surface area contributed by atoms with Crippen molar-refractivity contribution in [3.05, 3.63) is 69.8 Å². The molecule has 0 spiro atoms. The number of anilines is 1. The molecule has 2 rings (SSSR count). The van der Waals surface area contributed by atoms with E-state index < -0.39 is 4.92 Å². The Bertz CT molecular complexity index is 698. The van der Waals surface area contributed by atoms with Gasteiger partial charge in [-0.25, -0.2) is 0 Å². The quantitative estimate of drug-likeness (QED) is 0.627. The van der Waals surface area contributed by atoms with Gasteiger partial charge in [0.25, 0.3) is 11.6 Å². The number of nitro groups is 1. The van der Waals surface area contributed by atoms with E-state index in [0.717, 1.165) is 10.5 Å². The molecular weight excluding hydrogens is 294 g/mol. The van der Waals surface area contributed by atoms with Crippen molar-refractivity contribution < 1.29 is 14.6 Å². The maximum atomic E-state index is 12.1. The van der Waals surface area contributed by atoms with Gasteiger partial charge in [-0.2, -0.15) is 0 Å². The highest BCUT2D eigenvalue weighted by molar-refractivity contribution is 5.93. The minimum atomic E-state index is -0.502. The van der Waals surface area contributed by atoms with Crippen molar-refractivity contribution in [1.29, 1.82) is 0 Å². The van der Waals surface area contributed by atoms with Crippen molar-refractivity contribution in [2.24, 2.45) is 0 Å². The number of hydrogen-bond donors (Lipinski definition) is 2. The first-order valence-corrected chi connectivity index (χ1v) is 7.36. The number of nitro benzene ring substituents is 1. The molecule has 0 aliphatic heterocycles. The van der Waals surface area contributed by atoms with Crippen molar-refractivity contribution >= 4 is 17.3 Å². The Balaban J connectivity index is 1.94. The number of quaternary nitrogens is 1. The largest absolute Gasteiger partial charge is 0.326 e. The average molecular weight is 314 g/mol. The van der Waals surface area contributed by atoms with Crippen LogP contribution in [-0.2, 0) is 11.3 Å². The number of aryl methyl sites for hydroxylation is 1. The Kier molecular flexibility index (Phi) is 5.43. The van der Waals surface area contributed by atoms with Gasteiger partial charge in [0.2, 0.25) is 0 Å². The van der Waals surface area contributed by atoms with Gasteiger partial charge in [-0.15, -0.1) is 0 Å². The number of amides is 1. The number of para-hydroxylation sites is 2. The molecular formula is C17H20N3O3+. The maximum absolute atomic E-state index is 12.1. The fourth-order valence-corrected chi connectivity index (χ4v) is 2.32. The summed E-state index contributed by atoms with van der Waals surface area (Å²) in [6.45, 7) is 2.98. The molecule has 0 heterocycles. The molecule has 0 aromatic heterocycles. The summed E-state index contributed by atoms with van der Waals surface area (Å²) in [5, 5.41) is 13.6. The lowest BCUT2D eigenvalue weighted by Crippen LogP contribution is -3.08. The molecule has 23 heavy (non-hydrogen) atoms. The summed E-state index contributed by atoms with van der Waals surface area (Å²) >= 11 is 0. The van der Waals surface area contributed by atoms with Crippen molar-refractivity contribution in [3.63, 3.8) is 0 Å². The molecule has 1 atom stereocenters. The molecule has 120 valence electrons. The third kappa shape index (κ3) is 4.89. The number of rotatable bonds is 6. The van der Waals surface area contributed by atoms with Gasteiger partial charge < -0.3 is 10.2 Å². The first-order valence-electron chi connectivity index (χ1n) is 7.36. The van der Waals surface area contributed by atoms with Crippen LogP contribution in [0.1, 0.15) is 11.1 Å². The van der Waals surface area contributed by atoms with Gasteiger partial charge in [-0.3, -0.25) is 14.9 Å². The number of likely N-dealkylation sites (N-methyl/N-ethyl adjacent to an activating group) is 1. The Morgan fingerprint density at radius 1 is 1.17 bits per heavy atom. The molecule has 0 saturated carbocycles. The smallest absolute Gasteiger partial charge is 0.292 e. The molecule has 2 N–H and O–H groups in total. The van der Waals surface area contributed by atoms with Crippen LogP contribution in [0.15, 0.2) is 48.5 Å². The van der Waals surface area contributed by atoms with Crippen LogP contribution in [0, 0.1) is 17.0 Å². The van der Waals surface area contributed by atoms with Crippen LogP contribution < -0.4 is 10.2 Å². The second-order valence-corrected chi connectivity index (χ2v) is 5.62. The summed E-state index contributed by atoms with van der Waals surface area (Å²) in [6.07, 6.45) is 0. The third-order valence-corrected chi connectivity index (χ3v) is 3.46. The summed E-state index contributed by atoms with van der Waals surface area (Å²) in [5.74, 6) is -0.246. The number of carbonyl (C=O) groups is 1. The summed E-state index contributed by atoms with van der Waals surface area (Å²) in [7, 11) is 1.92. The number of benzene rings is 2. The summed E-state index contributed by atoms with van der Waals surface area (Å²) < 4.78 is 0. The Morgan fingerprint density at radius 2 is 1.83 bits per heavy atom. The van der Waals surface area contributed by atoms with E-state index in [4.69, 9.17) is 0 Å².